The van der Waals surface area contributed by atoms with E-state index in [0.717, 1.165) is 12.8 Å². The van der Waals surface area contributed by atoms with Crippen LogP contribution in [0.25, 0.3) is 0 Å². The number of carbonyl (C=O) groups is 2. The fraction of sp³-hybridized carbons (Fsp3) is 0.882. The van der Waals surface area contributed by atoms with Crippen molar-refractivity contribution in [2.24, 2.45) is 17.6 Å². The molecule has 4 N–H and O–H groups in total. The van der Waals surface area contributed by atoms with Gasteiger partial charge in [0.05, 0.1) is 6.04 Å². The van der Waals surface area contributed by atoms with Gasteiger partial charge >= 0.3 is 6.09 Å². The third kappa shape index (κ3) is 5.37. The van der Waals surface area contributed by atoms with Gasteiger partial charge in [-0.2, -0.15) is 0 Å². The van der Waals surface area contributed by atoms with E-state index in [4.69, 9.17) is 10.5 Å². The summed E-state index contributed by atoms with van der Waals surface area (Å²) < 4.78 is 5.43. The highest BCUT2D eigenvalue weighted by atomic mass is 16.6. The van der Waals surface area contributed by atoms with E-state index in [1.54, 1.807) is 0 Å². The Morgan fingerprint density at radius 2 is 1.83 bits per heavy atom. The molecule has 3 atom stereocenters. The molecule has 0 aromatic heterocycles. The van der Waals surface area contributed by atoms with Gasteiger partial charge in [-0.15, -0.1) is 0 Å². The minimum atomic E-state index is -0.509. The van der Waals surface area contributed by atoms with E-state index in [2.05, 4.69) is 10.6 Å². The summed E-state index contributed by atoms with van der Waals surface area (Å²) in [6.07, 6.45) is 6.24. The standard InChI is InChI=1S/C17H31N3O3/c1-17(2,3)23-16(22)20-14(11-7-5-4-6-8-11)12-9-13(15(18)21)19-10-12/h11-14,19H,4-10H2,1-3H3,(H2,18,21)(H,20,22)/t12-,13+,14?/m1/s1. The Morgan fingerprint density at radius 3 is 2.35 bits per heavy atom. The molecule has 0 radical (unpaired) electrons. The summed E-state index contributed by atoms with van der Waals surface area (Å²) >= 11 is 0. The predicted molar refractivity (Wildman–Crippen MR) is 88.8 cm³/mol. The van der Waals surface area contributed by atoms with Crippen molar-refractivity contribution < 1.29 is 14.3 Å². The summed E-state index contributed by atoms with van der Waals surface area (Å²) in [6.45, 7) is 6.30. The molecular formula is C17H31N3O3. The molecule has 23 heavy (non-hydrogen) atoms. The Morgan fingerprint density at radius 1 is 1.17 bits per heavy atom. The van der Waals surface area contributed by atoms with Crippen LogP contribution in [0.5, 0.6) is 0 Å². The maximum atomic E-state index is 12.2. The first-order valence-corrected chi connectivity index (χ1v) is 8.78. The quantitative estimate of drug-likeness (QED) is 0.736. The average molecular weight is 325 g/mol. The van der Waals surface area contributed by atoms with Gasteiger partial charge in [-0.25, -0.2) is 4.79 Å². The topological polar surface area (TPSA) is 93.4 Å². The largest absolute Gasteiger partial charge is 0.444 e. The van der Waals surface area contributed by atoms with Crippen LogP contribution < -0.4 is 16.4 Å². The molecular weight excluding hydrogens is 294 g/mol. The number of rotatable bonds is 4. The molecule has 0 bridgehead atoms. The Kier molecular flexibility index (Phi) is 5.89. The van der Waals surface area contributed by atoms with Crippen molar-refractivity contribution in [3.8, 4) is 0 Å². The molecule has 2 aliphatic rings. The molecule has 132 valence electrons. The molecule has 2 amide bonds. The van der Waals surface area contributed by atoms with Gasteiger partial charge in [0.25, 0.3) is 0 Å². The summed E-state index contributed by atoms with van der Waals surface area (Å²) in [5.41, 5.74) is 4.90. The molecule has 0 spiro atoms. The number of ether oxygens (including phenoxy) is 1. The van der Waals surface area contributed by atoms with Gasteiger partial charge in [-0.05, 0) is 51.9 Å². The van der Waals surface area contributed by atoms with Crippen molar-refractivity contribution in [1.82, 2.24) is 10.6 Å². The van der Waals surface area contributed by atoms with Gasteiger partial charge in [-0.1, -0.05) is 19.3 Å². The van der Waals surface area contributed by atoms with E-state index in [1.807, 2.05) is 20.8 Å². The minimum absolute atomic E-state index is 0.0435. The van der Waals surface area contributed by atoms with Crippen molar-refractivity contribution in [3.05, 3.63) is 0 Å². The maximum absolute atomic E-state index is 12.2. The van der Waals surface area contributed by atoms with E-state index in [-0.39, 0.29) is 30.0 Å². The summed E-state index contributed by atoms with van der Waals surface area (Å²) in [6, 6.07) is -0.242. The number of carbonyl (C=O) groups excluding carboxylic acids is 2. The maximum Gasteiger partial charge on any atom is 0.407 e. The fourth-order valence-electron chi connectivity index (χ4n) is 3.81. The lowest BCUT2D eigenvalue weighted by atomic mass is 9.78. The second-order valence-corrected chi connectivity index (χ2v) is 7.93. The van der Waals surface area contributed by atoms with Crippen molar-refractivity contribution in [2.45, 2.75) is 77.0 Å². The molecule has 1 aliphatic carbocycles. The molecule has 0 aromatic carbocycles. The number of hydrogen-bond donors (Lipinski definition) is 3. The highest BCUT2D eigenvalue weighted by Crippen LogP contribution is 2.32. The molecule has 6 nitrogen and oxygen atoms in total. The number of nitrogens with one attached hydrogen (secondary N) is 2. The third-order valence-electron chi connectivity index (χ3n) is 4.86. The molecule has 1 heterocycles. The van der Waals surface area contributed by atoms with Gasteiger partial charge in [0.1, 0.15) is 5.60 Å². The summed E-state index contributed by atoms with van der Waals surface area (Å²) in [4.78, 5) is 23.6. The molecule has 6 heteroatoms. The van der Waals surface area contributed by atoms with Crippen molar-refractivity contribution >= 4 is 12.0 Å². The van der Waals surface area contributed by atoms with Gasteiger partial charge in [0.15, 0.2) is 0 Å². The minimum Gasteiger partial charge on any atom is -0.444 e. The first kappa shape index (κ1) is 18.0. The predicted octanol–water partition coefficient (Wildman–Crippen LogP) is 1.92. The molecule has 2 rings (SSSR count). The lowest BCUT2D eigenvalue weighted by Crippen LogP contribution is -2.48. The Balaban J connectivity index is 2.03. The van der Waals surface area contributed by atoms with Crippen LogP contribution in [0.3, 0.4) is 0 Å². The van der Waals surface area contributed by atoms with Crippen LogP contribution in [-0.2, 0) is 9.53 Å². The number of nitrogens with two attached hydrogens (primary N) is 1. The molecule has 1 saturated carbocycles. The van der Waals surface area contributed by atoms with Gasteiger partial charge in [-0.3, -0.25) is 4.79 Å². The van der Waals surface area contributed by atoms with Gasteiger partial charge < -0.3 is 21.1 Å². The molecule has 1 aliphatic heterocycles. The first-order valence-electron chi connectivity index (χ1n) is 8.78. The Hall–Kier alpha value is -1.30. The van der Waals surface area contributed by atoms with Crippen LogP contribution >= 0.6 is 0 Å². The van der Waals surface area contributed by atoms with Crippen LogP contribution in [0.15, 0.2) is 0 Å². The zero-order chi connectivity index (χ0) is 17.0. The monoisotopic (exact) mass is 325 g/mol. The lowest BCUT2D eigenvalue weighted by Gasteiger charge is -2.35. The summed E-state index contributed by atoms with van der Waals surface area (Å²) in [7, 11) is 0. The molecule has 0 aromatic rings. The highest BCUT2D eigenvalue weighted by molar-refractivity contribution is 5.80. The number of primary amides is 1. The number of amides is 2. The smallest absolute Gasteiger partial charge is 0.407 e. The SMILES string of the molecule is CC(C)(C)OC(=O)NC(C1CCCCC1)[C@H]1CN[C@H](C(N)=O)C1. The average Bonchev–Trinajstić information content (AvgIpc) is 2.93. The molecule has 2 fully saturated rings. The Bertz CT molecular complexity index is 427. The van der Waals surface area contributed by atoms with Crippen molar-refractivity contribution in [2.75, 3.05) is 6.54 Å². The van der Waals surface area contributed by atoms with E-state index in [0.29, 0.717) is 18.9 Å². The molecule has 1 saturated heterocycles. The van der Waals surface area contributed by atoms with Crippen molar-refractivity contribution in [1.29, 1.82) is 0 Å². The number of hydrogen-bond acceptors (Lipinski definition) is 4. The second-order valence-electron chi connectivity index (χ2n) is 7.93. The molecule has 1 unspecified atom stereocenters. The van der Waals surface area contributed by atoms with E-state index >= 15 is 0 Å². The number of alkyl carbamates (subject to hydrolysis) is 1. The third-order valence-corrected chi connectivity index (χ3v) is 4.86. The van der Waals surface area contributed by atoms with Gasteiger partial charge in [0, 0.05) is 12.6 Å². The van der Waals surface area contributed by atoms with E-state index in [1.165, 1.54) is 19.3 Å². The van der Waals surface area contributed by atoms with Crippen LogP contribution in [0.2, 0.25) is 0 Å². The van der Waals surface area contributed by atoms with Crippen LogP contribution in [-0.4, -0.2) is 36.2 Å². The normalized spacial score (nSPS) is 27.4. The summed E-state index contributed by atoms with van der Waals surface area (Å²) in [5.74, 6) is 0.366. The van der Waals surface area contributed by atoms with Gasteiger partial charge in [0.2, 0.25) is 5.91 Å². The van der Waals surface area contributed by atoms with Crippen LogP contribution in [0.1, 0.15) is 59.3 Å². The van der Waals surface area contributed by atoms with E-state index in [9.17, 15) is 9.59 Å². The zero-order valence-corrected chi connectivity index (χ0v) is 14.6. The van der Waals surface area contributed by atoms with E-state index < -0.39 is 5.60 Å². The zero-order valence-electron chi connectivity index (χ0n) is 14.6. The lowest BCUT2D eigenvalue weighted by molar-refractivity contribution is -0.119. The van der Waals surface area contributed by atoms with Crippen LogP contribution in [0.4, 0.5) is 4.79 Å². The fourth-order valence-corrected chi connectivity index (χ4v) is 3.81. The van der Waals surface area contributed by atoms with Crippen LogP contribution in [0, 0.1) is 11.8 Å². The second kappa shape index (κ2) is 7.51. The van der Waals surface area contributed by atoms with Crippen molar-refractivity contribution in [3.63, 3.8) is 0 Å². The highest BCUT2D eigenvalue weighted by Gasteiger charge is 2.38. The summed E-state index contributed by atoms with van der Waals surface area (Å²) in [5, 5.41) is 6.27. The Labute approximate surface area is 138 Å². The first-order chi connectivity index (χ1) is 10.8.